The van der Waals surface area contributed by atoms with Gasteiger partial charge >= 0.3 is 0 Å². The lowest BCUT2D eigenvalue weighted by molar-refractivity contribution is 0.0981. The van der Waals surface area contributed by atoms with Gasteiger partial charge in [-0.2, -0.15) is 0 Å². The lowest BCUT2D eigenvalue weighted by Crippen LogP contribution is -2.32. The van der Waals surface area contributed by atoms with Crippen LogP contribution in [0.15, 0.2) is 36.4 Å². The number of amides is 1. The van der Waals surface area contributed by atoms with Crippen LogP contribution < -0.4 is 4.72 Å². The predicted molar refractivity (Wildman–Crippen MR) is 148 cm³/mol. The van der Waals surface area contributed by atoms with E-state index >= 15 is 0 Å². The molecule has 3 rings (SSSR count). The van der Waals surface area contributed by atoms with Crippen molar-refractivity contribution in [2.75, 3.05) is 5.75 Å². The van der Waals surface area contributed by atoms with Gasteiger partial charge in [0.15, 0.2) is 0 Å². The van der Waals surface area contributed by atoms with Crippen LogP contribution in [0.5, 0.6) is 0 Å². The molecule has 0 aliphatic carbocycles. The monoisotopic (exact) mass is 531 g/mol. The Hall–Kier alpha value is -2.38. The third kappa shape index (κ3) is 7.81. The molecular weight excluding hydrogens is 494 g/mol. The number of nitrogens with zero attached hydrogens (tertiary/aromatic N) is 2. The van der Waals surface area contributed by atoms with Crippen molar-refractivity contribution in [1.29, 1.82) is 0 Å². The molecule has 0 radical (unpaired) electrons. The maximum Gasteiger partial charge on any atom is 0.264 e. The molecule has 196 valence electrons. The van der Waals surface area contributed by atoms with Gasteiger partial charge in [-0.3, -0.25) is 4.79 Å². The molecule has 1 amide bonds. The number of imidazole rings is 1. The van der Waals surface area contributed by atoms with Crippen LogP contribution in [-0.2, 0) is 23.0 Å². The minimum absolute atomic E-state index is 0.0564. The standard InChI is InChI=1S/C28H38ClN3O3S/c1-4-6-8-9-10-12-22-13-14-24(25(29)18-22)20-32-21(3)30-26-16-15-23(19-27(26)32)28(33)31-36(34,35)17-11-7-5-2/h13-16,18-19H,4-12,17,20H2,1-3H3,(H,31,33). The summed E-state index contributed by atoms with van der Waals surface area (Å²) in [5, 5.41) is 0.717. The third-order valence-electron chi connectivity index (χ3n) is 6.48. The van der Waals surface area contributed by atoms with Gasteiger partial charge in [-0.1, -0.05) is 76.1 Å². The van der Waals surface area contributed by atoms with E-state index in [0.717, 1.165) is 46.7 Å². The van der Waals surface area contributed by atoms with Crippen molar-refractivity contribution in [3.63, 3.8) is 0 Å². The van der Waals surface area contributed by atoms with Gasteiger partial charge in [0, 0.05) is 10.6 Å². The highest BCUT2D eigenvalue weighted by molar-refractivity contribution is 7.90. The summed E-state index contributed by atoms with van der Waals surface area (Å²) >= 11 is 6.65. The van der Waals surface area contributed by atoms with Gasteiger partial charge in [-0.25, -0.2) is 18.1 Å². The molecule has 0 unspecified atom stereocenters. The highest BCUT2D eigenvalue weighted by Gasteiger charge is 2.18. The van der Waals surface area contributed by atoms with Crippen LogP contribution in [0.4, 0.5) is 0 Å². The molecule has 0 saturated heterocycles. The van der Waals surface area contributed by atoms with Gasteiger partial charge < -0.3 is 4.57 Å². The van der Waals surface area contributed by atoms with E-state index in [1.165, 1.54) is 37.7 Å². The summed E-state index contributed by atoms with van der Waals surface area (Å²) in [5.74, 6) is 0.116. The maximum atomic E-state index is 12.7. The number of nitrogens with one attached hydrogen (secondary N) is 1. The molecule has 6 nitrogen and oxygen atoms in total. The van der Waals surface area contributed by atoms with Crippen molar-refractivity contribution < 1.29 is 13.2 Å². The summed E-state index contributed by atoms with van der Waals surface area (Å²) in [5.41, 5.74) is 4.01. The second kappa shape index (κ2) is 13.2. The van der Waals surface area contributed by atoms with Crippen LogP contribution in [0.1, 0.15) is 92.5 Å². The minimum atomic E-state index is -3.67. The van der Waals surface area contributed by atoms with E-state index in [-0.39, 0.29) is 11.3 Å². The van der Waals surface area contributed by atoms with Crippen molar-refractivity contribution in [1.82, 2.24) is 14.3 Å². The molecule has 0 aliphatic rings. The van der Waals surface area contributed by atoms with Crippen molar-refractivity contribution in [2.45, 2.75) is 85.1 Å². The first kappa shape index (κ1) is 28.2. The fraction of sp³-hybridized carbons (Fsp3) is 0.500. The first-order valence-corrected chi connectivity index (χ1v) is 15.1. The Kier molecular flexibility index (Phi) is 10.4. The van der Waals surface area contributed by atoms with Gasteiger partial charge in [-0.05, 0) is 61.6 Å². The van der Waals surface area contributed by atoms with Crippen LogP contribution in [0, 0.1) is 6.92 Å². The average molecular weight is 532 g/mol. The molecule has 0 saturated carbocycles. The first-order chi connectivity index (χ1) is 17.2. The molecule has 1 heterocycles. The number of aryl methyl sites for hydroxylation is 2. The summed E-state index contributed by atoms with van der Waals surface area (Å²) in [7, 11) is -3.67. The summed E-state index contributed by atoms with van der Waals surface area (Å²) in [6, 6.07) is 11.3. The van der Waals surface area contributed by atoms with Crippen molar-refractivity contribution in [2.24, 2.45) is 0 Å². The Bertz CT molecular complexity index is 1280. The molecule has 0 bridgehead atoms. The molecule has 0 fully saturated rings. The zero-order valence-electron chi connectivity index (χ0n) is 21.6. The topological polar surface area (TPSA) is 81.1 Å². The first-order valence-electron chi connectivity index (χ1n) is 13.0. The highest BCUT2D eigenvalue weighted by atomic mass is 35.5. The molecule has 1 N–H and O–H groups in total. The fourth-order valence-corrected chi connectivity index (χ4v) is 5.70. The lowest BCUT2D eigenvalue weighted by atomic mass is 10.0. The van der Waals surface area contributed by atoms with E-state index in [2.05, 4.69) is 28.8 Å². The quantitative estimate of drug-likeness (QED) is 0.232. The Labute approximate surface area is 220 Å². The normalized spacial score (nSPS) is 11.8. The van der Waals surface area contributed by atoms with Crippen LogP contribution >= 0.6 is 11.6 Å². The Balaban J connectivity index is 1.75. The Morgan fingerprint density at radius 2 is 1.69 bits per heavy atom. The van der Waals surface area contributed by atoms with E-state index in [4.69, 9.17) is 11.6 Å². The molecular formula is C28H38ClN3O3S. The molecule has 0 atom stereocenters. The van der Waals surface area contributed by atoms with Gasteiger partial charge in [0.25, 0.3) is 5.91 Å². The largest absolute Gasteiger partial charge is 0.324 e. The lowest BCUT2D eigenvalue weighted by Gasteiger charge is -2.11. The molecule has 8 heteroatoms. The van der Waals surface area contributed by atoms with Crippen LogP contribution in [0.3, 0.4) is 0 Å². The number of sulfonamides is 1. The SMILES string of the molecule is CCCCCCCc1ccc(Cn2c(C)nc3ccc(C(=O)NS(=O)(=O)CCCCC)cc32)c(Cl)c1. The number of hydrogen-bond donors (Lipinski definition) is 1. The van der Waals surface area contributed by atoms with E-state index in [0.29, 0.717) is 13.0 Å². The summed E-state index contributed by atoms with van der Waals surface area (Å²) in [4.78, 5) is 17.3. The predicted octanol–water partition coefficient (Wildman–Crippen LogP) is 6.81. The molecule has 3 aromatic rings. The number of fused-ring (bicyclic) bond motifs is 1. The summed E-state index contributed by atoms with van der Waals surface area (Å²) < 4.78 is 28.8. The van der Waals surface area contributed by atoms with Gasteiger partial charge in [0.05, 0.1) is 23.3 Å². The summed E-state index contributed by atoms with van der Waals surface area (Å²) in [6.07, 6.45) is 9.49. The summed E-state index contributed by atoms with van der Waals surface area (Å²) in [6.45, 7) is 6.65. The Morgan fingerprint density at radius 3 is 2.42 bits per heavy atom. The smallest absolute Gasteiger partial charge is 0.264 e. The number of aromatic nitrogens is 2. The van der Waals surface area contributed by atoms with Crippen molar-refractivity contribution in [3.8, 4) is 0 Å². The molecule has 2 aromatic carbocycles. The van der Waals surface area contributed by atoms with Gasteiger partial charge in [-0.15, -0.1) is 0 Å². The number of halogens is 1. The number of unbranched alkanes of at least 4 members (excludes halogenated alkanes) is 6. The van der Waals surface area contributed by atoms with Crippen LogP contribution in [0.25, 0.3) is 11.0 Å². The van der Waals surface area contributed by atoms with Crippen molar-refractivity contribution >= 4 is 38.6 Å². The van der Waals surface area contributed by atoms with E-state index in [9.17, 15) is 13.2 Å². The third-order valence-corrected chi connectivity index (χ3v) is 8.16. The zero-order valence-corrected chi connectivity index (χ0v) is 23.2. The van der Waals surface area contributed by atoms with Crippen LogP contribution in [0.2, 0.25) is 5.02 Å². The number of rotatable bonds is 14. The second-order valence-electron chi connectivity index (χ2n) is 9.50. The second-order valence-corrected chi connectivity index (χ2v) is 11.7. The number of carbonyl (C=O) groups excluding carboxylic acids is 1. The van der Waals surface area contributed by atoms with Crippen molar-refractivity contribution in [3.05, 3.63) is 63.9 Å². The average Bonchev–Trinajstić information content (AvgIpc) is 3.14. The van der Waals surface area contributed by atoms with E-state index < -0.39 is 15.9 Å². The molecule has 36 heavy (non-hydrogen) atoms. The maximum absolute atomic E-state index is 12.7. The van der Waals surface area contributed by atoms with E-state index in [1.54, 1.807) is 18.2 Å². The Morgan fingerprint density at radius 1 is 0.972 bits per heavy atom. The molecule has 1 aromatic heterocycles. The number of carbonyl (C=O) groups is 1. The number of hydrogen-bond acceptors (Lipinski definition) is 4. The van der Waals surface area contributed by atoms with E-state index in [1.807, 2.05) is 24.5 Å². The zero-order chi connectivity index (χ0) is 26.1. The van der Waals surface area contributed by atoms with Crippen LogP contribution in [-0.4, -0.2) is 29.6 Å². The van der Waals surface area contributed by atoms with Gasteiger partial charge in [0.2, 0.25) is 10.0 Å². The highest BCUT2D eigenvalue weighted by Crippen LogP contribution is 2.24. The fourth-order valence-electron chi connectivity index (χ4n) is 4.35. The number of benzene rings is 2. The van der Waals surface area contributed by atoms with Gasteiger partial charge in [0.1, 0.15) is 5.82 Å². The molecule has 0 aliphatic heterocycles. The molecule has 0 spiro atoms. The minimum Gasteiger partial charge on any atom is -0.324 e.